The lowest BCUT2D eigenvalue weighted by atomic mass is 9.95. The average Bonchev–Trinajstić information content (AvgIpc) is 2.61. The largest absolute Gasteiger partial charge is 0.493 e. The highest BCUT2D eigenvalue weighted by atomic mass is 35.5. The summed E-state index contributed by atoms with van der Waals surface area (Å²) in [5, 5.41) is 13.5. The molecule has 1 N–H and O–H groups in total. The Balaban J connectivity index is 1.69. The number of ether oxygens (including phenoxy) is 1. The topological polar surface area (TPSA) is 29.5 Å². The number of benzene rings is 3. The number of rotatable bonds is 6. The quantitative estimate of drug-likeness (QED) is 0.593. The van der Waals surface area contributed by atoms with Gasteiger partial charge in [0.25, 0.3) is 0 Å². The summed E-state index contributed by atoms with van der Waals surface area (Å²) in [6, 6.07) is 19.7. The Labute approximate surface area is 158 Å². The first-order valence-electron chi connectivity index (χ1n) is 8.26. The fourth-order valence-electron chi connectivity index (χ4n) is 2.80. The maximum atomic E-state index is 10.1. The summed E-state index contributed by atoms with van der Waals surface area (Å²) in [5.74, 6) is 0.766. The molecule has 2 atom stereocenters. The van der Waals surface area contributed by atoms with Crippen molar-refractivity contribution in [1.82, 2.24) is 0 Å². The van der Waals surface area contributed by atoms with E-state index in [9.17, 15) is 5.11 Å². The van der Waals surface area contributed by atoms with Crippen LogP contribution in [0.15, 0.2) is 60.7 Å². The molecule has 2 unspecified atom stereocenters. The second-order valence-corrected chi connectivity index (χ2v) is 7.09. The highest BCUT2D eigenvalue weighted by molar-refractivity contribution is 6.42. The molecule has 2 nitrogen and oxygen atoms in total. The summed E-state index contributed by atoms with van der Waals surface area (Å²) in [6.07, 6.45) is 0.178. The first-order chi connectivity index (χ1) is 12.0. The van der Waals surface area contributed by atoms with Crippen molar-refractivity contribution in [2.45, 2.75) is 19.4 Å². The molecule has 0 fully saturated rings. The fraction of sp³-hybridized carbons (Fsp3) is 0.238. The smallest absolute Gasteiger partial charge is 0.119 e. The van der Waals surface area contributed by atoms with Crippen molar-refractivity contribution >= 4 is 34.0 Å². The van der Waals surface area contributed by atoms with Gasteiger partial charge in [-0.1, -0.05) is 59.6 Å². The molecule has 0 amide bonds. The molecule has 4 heteroatoms. The standard InChI is InChI=1S/C21H20Cl2O2/c1-14(24)18(10-15-6-9-20(22)21(23)11-15)13-25-19-8-7-16-4-2-3-5-17(16)12-19/h2-9,11-12,14,18,24H,10,13H2,1H3. The molecule has 0 radical (unpaired) electrons. The van der Waals surface area contributed by atoms with Gasteiger partial charge in [0.15, 0.2) is 0 Å². The molecule has 0 saturated heterocycles. The molecule has 0 aliphatic carbocycles. The molecule has 0 heterocycles. The normalized spacial score (nSPS) is 13.6. The molecule has 0 aromatic heterocycles. The van der Waals surface area contributed by atoms with E-state index < -0.39 is 6.10 Å². The minimum atomic E-state index is -0.491. The van der Waals surface area contributed by atoms with Gasteiger partial charge in [-0.3, -0.25) is 0 Å². The van der Waals surface area contributed by atoms with Crippen LogP contribution in [-0.4, -0.2) is 17.8 Å². The first kappa shape index (κ1) is 18.1. The monoisotopic (exact) mass is 374 g/mol. The van der Waals surface area contributed by atoms with Crippen LogP contribution in [0.5, 0.6) is 5.75 Å². The van der Waals surface area contributed by atoms with E-state index in [-0.39, 0.29) is 5.92 Å². The van der Waals surface area contributed by atoms with E-state index in [0.29, 0.717) is 23.1 Å². The fourth-order valence-corrected chi connectivity index (χ4v) is 3.12. The Morgan fingerprint density at radius 2 is 1.68 bits per heavy atom. The van der Waals surface area contributed by atoms with Crippen LogP contribution in [-0.2, 0) is 6.42 Å². The van der Waals surface area contributed by atoms with Gasteiger partial charge in [-0.2, -0.15) is 0 Å². The van der Waals surface area contributed by atoms with Gasteiger partial charge in [0.2, 0.25) is 0 Å². The van der Waals surface area contributed by atoms with Crippen LogP contribution in [0.25, 0.3) is 10.8 Å². The zero-order valence-electron chi connectivity index (χ0n) is 14.0. The predicted octanol–water partition coefficient (Wildman–Crippen LogP) is 5.77. The number of aliphatic hydroxyl groups excluding tert-OH is 1. The van der Waals surface area contributed by atoms with E-state index in [0.717, 1.165) is 16.7 Å². The molecule has 3 aromatic rings. The van der Waals surface area contributed by atoms with Crippen molar-refractivity contribution in [3.8, 4) is 5.75 Å². The van der Waals surface area contributed by atoms with Gasteiger partial charge in [-0.25, -0.2) is 0 Å². The van der Waals surface area contributed by atoms with Crippen LogP contribution in [0, 0.1) is 5.92 Å². The maximum absolute atomic E-state index is 10.1. The van der Waals surface area contributed by atoms with Crippen LogP contribution in [0.3, 0.4) is 0 Å². The maximum Gasteiger partial charge on any atom is 0.119 e. The third-order valence-electron chi connectivity index (χ3n) is 4.35. The van der Waals surface area contributed by atoms with E-state index in [1.807, 2.05) is 42.5 Å². The molecule has 0 aliphatic heterocycles. The molecule has 25 heavy (non-hydrogen) atoms. The highest BCUT2D eigenvalue weighted by Gasteiger charge is 2.17. The molecule has 3 rings (SSSR count). The zero-order valence-corrected chi connectivity index (χ0v) is 15.5. The molecule has 0 aliphatic rings. The van der Waals surface area contributed by atoms with Crippen molar-refractivity contribution in [3.63, 3.8) is 0 Å². The third kappa shape index (κ3) is 4.66. The molecule has 130 valence electrons. The number of fused-ring (bicyclic) bond motifs is 1. The molecule has 0 bridgehead atoms. The van der Waals surface area contributed by atoms with Crippen molar-refractivity contribution in [3.05, 3.63) is 76.3 Å². The summed E-state index contributed by atoms with van der Waals surface area (Å²) in [4.78, 5) is 0. The van der Waals surface area contributed by atoms with Crippen molar-refractivity contribution in [2.75, 3.05) is 6.61 Å². The van der Waals surface area contributed by atoms with Gasteiger partial charge in [-0.05, 0) is 53.9 Å². The Kier molecular flexibility index (Phi) is 5.85. The second-order valence-electron chi connectivity index (χ2n) is 6.27. The zero-order chi connectivity index (χ0) is 17.8. The van der Waals surface area contributed by atoms with Crippen LogP contribution < -0.4 is 4.74 Å². The van der Waals surface area contributed by atoms with Crippen molar-refractivity contribution in [1.29, 1.82) is 0 Å². The van der Waals surface area contributed by atoms with Crippen LogP contribution in [0.4, 0.5) is 0 Å². The number of aliphatic hydroxyl groups is 1. The molecular weight excluding hydrogens is 355 g/mol. The lowest BCUT2D eigenvalue weighted by Crippen LogP contribution is -2.26. The molecular formula is C21H20Cl2O2. The predicted molar refractivity (Wildman–Crippen MR) is 105 cm³/mol. The summed E-state index contributed by atoms with van der Waals surface area (Å²) in [6.45, 7) is 2.21. The Hall–Kier alpha value is -1.74. The van der Waals surface area contributed by atoms with Gasteiger partial charge < -0.3 is 9.84 Å². The van der Waals surface area contributed by atoms with E-state index in [1.165, 1.54) is 5.39 Å². The Morgan fingerprint density at radius 1 is 0.920 bits per heavy atom. The number of hydrogen-bond acceptors (Lipinski definition) is 2. The summed E-state index contributed by atoms with van der Waals surface area (Å²) in [5.41, 5.74) is 1.03. The van der Waals surface area contributed by atoms with Crippen LogP contribution in [0.1, 0.15) is 12.5 Å². The van der Waals surface area contributed by atoms with Crippen LogP contribution in [0.2, 0.25) is 10.0 Å². The molecule has 0 saturated carbocycles. The van der Waals surface area contributed by atoms with E-state index in [4.69, 9.17) is 27.9 Å². The summed E-state index contributed by atoms with van der Waals surface area (Å²) < 4.78 is 5.94. The minimum Gasteiger partial charge on any atom is -0.493 e. The Morgan fingerprint density at radius 3 is 2.40 bits per heavy atom. The highest BCUT2D eigenvalue weighted by Crippen LogP contribution is 2.25. The number of halogens is 2. The third-order valence-corrected chi connectivity index (χ3v) is 5.09. The van der Waals surface area contributed by atoms with Crippen molar-refractivity contribution < 1.29 is 9.84 Å². The van der Waals surface area contributed by atoms with E-state index in [2.05, 4.69) is 12.1 Å². The summed E-state index contributed by atoms with van der Waals surface area (Å²) >= 11 is 12.0. The van der Waals surface area contributed by atoms with Crippen molar-refractivity contribution in [2.24, 2.45) is 5.92 Å². The lowest BCUT2D eigenvalue weighted by Gasteiger charge is -2.21. The van der Waals surface area contributed by atoms with E-state index in [1.54, 1.807) is 13.0 Å². The molecule has 0 spiro atoms. The van der Waals surface area contributed by atoms with Gasteiger partial charge in [-0.15, -0.1) is 0 Å². The average molecular weight is 375 g/mol. The Bertz CT molecular complexity index is 861. The van der Waals surface area contributed by atoms with E-state index >= 15 is 0 Å². The second kappa shape index (κ2) is 8.09. The van der Waals surface area contributed by atoms with Crippen LogP contribution >= 0.6 is 23.2 Å². The summed E-state index contributed by atoms with van der Waals surface area (Å²) in [7, 11) is 0. The number of hydrogen-bond donors (Lipinski definition) is 1. The first-order valence-corrected chi connectivity index (χ1v) is 9.02. The minimum absolute atomic E-state index is 0.0382. The lowest BCUT2D eigenvalue weighted by molar-refractivity contribution is 0.0890. The van der Waals surface area contributed by atoms with Gasteiger partial charge >= 0.3 is 0 Å². The van der Waals surface area contributed by atoms with Gasteiger partial charge in [0.1, 0.15) is 5.75 Å². The van der Waals surface area contributed by atoms with Gasteiger partial charge in [0, 0.05) is 5.92 Å². The SMILES string of the molecule is CC(O)C(COc1ccc2ccccc2c1)Cc1ccc(Cl)c(Cl)c1. The molecule has 3 aromatic carbocycles. The van der Waals surface area contributed by atoms with Gasteiger partial charge in [0.05, 0.1) is 22.8 Å².